The first-order valence-electron chi connectivity index (χ1n) is 6.07. The SMILES string of the molecule is CCC(C)NCC(C)OCCC1CC1. The van der Waals surface area contributed by atoms with Crippen molar-refractivity contribution in [3.63, 3.8) is 0 Å². The van der Waals surface area contributed by atoms with Crippen LogP contribution in [0.4, 0.5) is 0 Å². The van der Waals surface area contributed by atoms with Gasteiger partial charge in [-0.25, -0.2) is 0 Å². The Bertz CT molecular complexity index is 145. The van der Waals surface area contributed by atoms with Gasteiger partial charge in [0.05, 0.1) is 6.10 Å². The summed E-state index contributed by atoms with van der Waals surface area (Å²) in [6.45, 7) is 8.52. The largest absolute Gasteiger partial charge is 0.377 e. The smallest absolute Gasteiger partial charge is 0.0671 e. The molecule has 1 aliphatic rings. The van der Waals surface area contributed by atoms with E-state index in [0.29, 0.717) is 12.1 Å². The molecule has 84 valence electrons. The van der Waals surface area contributed by atoms with Gasteiger partial charge in [0.1, 0.15) is 0 Å². The minimum atomic E-state index is 0.364. The fourth-order valence-corrected chi connectivity index (χ4v) is 1.41. The van der Waals surface area contributed by atoms with Crippen molar-refractivity contribution in [1.82, 2.24) is 5.32 Å². The molecule has 1 saturated carbocycles. The second-order valence-electron chi connectivity index (χ2n) is 4.63. The summed E-state index contributed by atoms with van der Waals surface area (Å²) in [6.07, 6.45) is 5.69. The van der Waals surface area contributed by atoms with E-state index in [1.54, 1.807) is 0 Å². The van der Waals surface area contributed by atoms with Gasteiger partial charge >= 0.3 is 0 Å². The van der Waals surface area contributed by atoms with Gasteiger partial charge < -0.3 is 10.1 Å². The number of hydrogen-bond acceptors (Lipinski definition) is 2. The summed E-state index contributed by atoms with van der Waals surface area (Å²) in [5.74, 6) is 0.990. The fraction of sp³-hybridized carbons (Fsp3) is 1.00. The third-order valence-corrected chi connectivity index (χ3v) is 2.99. The Kier molecular flexibility index (Phi) is 5.49. The molecule has 1 N–H and O–H groups in total. The first-order chi connectivity index (χ1) is 6.72. The van der Waals surface area contributed by atoms with Crippen LogP contribution in [0.3, 0.4) is 0 Å². The van der Waals surface area contributed by atoms with Crippen LogP contribution in [-0.2, 0) is 4.74 Å². The van der Waals surface area contributed by atoms with Crippen LogP contribution in [0.1, 0.15) is 46.5 Å². The molecule has 2 unspecified atom stereocenters. The Morgan fingerprint density at radius 1 is 1.36 bits per heavy atom. The van der Waals surface area contributed by atoms with Crippen molar-refractivity contribution in [3.05, 3.63) is 0 Å². The summed E-state index contributed by atoms with van der Waals surface area (Å²) < 4.78 is 5.73. The molecule has 2 nitrogen and oxygen atoms in total. The molecule has 0 aromatic rings. The minimum absolute atomic E-state index is 0.364. The molecule has 1 fully saturated rings. The highest BCUT2D eigenvalue weighted by Gasteiger charge is 2.20. The molecule has 0 aromatic heterocycles. The van der Waals surface area contributed by atoms with Crippen LogP contribution in [0, 0.1) is 5.92 Å². The summed E-state index contributed by atoms with van der Waals surface area (Å²) in [5.41, 5.74) is 0. The van der Waals surface area contributed by atoms with Crippen molar-refractivity contribution in [1.29, 1.82) is 0 Å². The molecular formula is C12H25NO. The van der Waals surface area contributed by atoms with Crippen LogP contribution in [0.2, 0.25) is 0 Å². The maximum absolute atomic E-state index is 5.73. The molecule has 1 aliphatic carbocycles. The lowest BCUT2D eigenvalue weighted by atomic mass is 10.2. The van der Waals surface area contributed by atoms with E-state index in [0.717, 1.165) is 19.1 Å². The Hall–Kier alpha value is -0.0800. The molecule has 14 heavy (non-hydrogen) atoms. The number of nitrogens with one attached hydrogen (secondary N) is 1. The van der Waals surface area contributed by atoms with Crippen LogP contribution in [0.5, 0.6) is 0 Å². The average molecular weight is 199 g/mol. The van der Waals surface area contributed by atoms with Crippen molar-refractivity contribution in [2.75, 3.05) is 13.2 Å². The second-order valence-corrected chi connectivity index (χ2v) is 4.63. The molecule has 2 atom stereocenters. The van der Waals surface area contributed by atoms with Crippen molar-refractivity contribution in [2.24, 2.45) is 5.92 Å². The lowest BCUT2D eigenvalue weighted by molar-refractivity contribution is 0.0601. The Morgan fingerprint density at radius 3 is 2.64 bits per heavy atom. The number of ether oxygens (including phenoxy) is 1. The molecule has 0 heterocycles. The first kappa shape index (κ1) is 12.0. The van der Waals surface area contributed by atoms with Gasteiger partial charge in [-0.15, -0.1) is 0 Å². The van der Waals surface area contributed by atoms with Crippen molar-refractivity contribution >= 4 is 0 Å². The van der Waals surface area contributed by atoms with E-state index in [-0.39, 0.29) is 0 Å². The molecule has 0 spiro atoms. The minimum Gasteiger partial charge on any atom is -0.377 e. The topological polar surface area (TPSA) is 21.3 Å². The molecule has 1 rings (SSSR count). The van der Waals surface area contributed by atoms with Gasteiger partial charge in [0.2, 0.25) is 0 Å². The van der Waals surface area contributed by atoms with Crippen molar-refractivity contribution in [3.8, 4) is 0 Å². The highest BCUT2D eigenvalue weighted by Crippen LogP contribution is 2.32. The summed E-state index contributed by atoms with van der Waals surface area (Å²) in [6, 6.07) is 0.615. The standard InChI is InChI=1S/C12H25NO/c1-4-10(2)13-9-11(3)14-8-7-12-5-6-12/h10-13H,4-9H2,1-3H3. The van der Waals surface area contributed by atoms with Crippen molar-refractivity contribution in [2.45, 2.75) is 58.6 Å². The van der Waals surface area contributed by atoms with Gasteiger partial charge in [-0.3, -0.25) is 0 Å². The summed E-state index contributed by atoms with van der Waals surface area (Å²) in [7, 11) is 0. The highest BCUT2D eigenvalue weighted by molar-refractivity contribution is 4.72. The fourth-order valence-electron chi connectivity index (χ4n) is 1.41. The van der Waals surface area contributed by atoms with E-state index in [4.69, 9.17) is 4.74 Å². The zero-order valence-corrected chi connectivity index (χ0v) is 9.88. The quantitative estimate of drug-likeness (QED) is 0.649. The molecule has 2 heteroatoms. The summed E-state index contributed by atoms with van der Waals surface area (Å²) >= 11 is 0. The van der Waals surface area contributed by atoms with E-state index < -0.39 is 0 Å². The third kappa shape index (κ3) is 5.61. The van der Waals surface area contributed by atoms with Crippen LogP contribution < -0.4 is 5.32 Å². The maximum Gasteiger partial charge on any atom is 0.0671 e. The van der Waals surface area contributed by atoms with Gasteiger partial charge in [-0.1, -0.05) is 19.8 Å². The Labute approximate surface area is 88.4 Å². The lowest BCUT2D eigenvalue weighted by Crippen LogP contribution is -2.33. The molecule has 0 aromatic carbocycles. The van der Waals surface area contributed by atoms with Crippen LogP contribution in [-0.4, -0.2) is 25.3 Å². The molecule has 0 amide bonds. The molecule has 0 saturated heterocycles. The predicted octanol–water partition coefficient (Wildman–Crippen LogP) is 2.58. The average Bonchev–Trinajstić information content (AvgIpc) is 2.98. The van der Waals surface area contributed by atoms with Crippen molar-refractivity contribution < 1.29 is 4.74 Å². The van der Waals surface area contributed by atoms with Gasteiger partial charge in [-0.2, -0.15) is 0 Å². The number of rotatable bonds is 8. The van der Waals surface area contributed by atoms with Gasteiger partial charge in [0.25, 0.3) is 0 Å². The van der Waals surface area contributed by atoms with E-state index in [9.17, 15) is 0 Å². The van der Waals surface area contributed by atoms with Gasteiger partial charge in [-0.05, 0) is 32.6 Å². The van der Waals surface area contributed by atoms with E-state index in [1.807, 2.05) is 0 Å². The van der Waals surface area contributed by atoms with E-state index in [2.05, 4.69) is 26.1 Å². The Balaban J connectivity index is 1.89. The normalized spacial score (nSPS) is 20.8. The lowest BCUT2D eigenvalue weighted by Gasteiger charge is -2.17. The monoisotopic (exact) mass is 199 g/mol. The van der Waals surface area contributed by atoms with Crippen LogP contribution in [0.15, 0.2) is 0 Å². The molecule has 0 radical (unpaired) electrons. The van der Waals surface area contributed by atoms with E-state index >= 15 is 0 Å². The first-order valence-corrected chi connectivity index (χ1v) is 6.07. The summed E-state index contributed by atoms with van der Waals surface area (Å²) in [4.78, 5) is 0. The zero-order valence-electron chi connectivity index (χ0n) is 9.88. The van der Waals surface area contributed by atoms with E-state index in [1.165, 1.54) is 25.7 Å². The second kappa shape index (κ2) is 6.41. The van der Waals surface area contributed by atoms with Crippen LogP contribution >= 0.6 is 0 Å². The zero-order chi connectivity index (χ0) is 10.4. The molecule has 0 aliphatic heterocycles. The Morgan fingerprint density at radius 2 is 2.07 bits per heavy atom. The molecule has 0 bridgehead atoms. The maximum atomic E-state index is 5.73. The summed E-state index contributed by atoms with van der Waals surface area (Å²) in [5, 5.41) is 3.46. The predicted molar refractivity (Wildman–Crippen MR) is 60.5 cm³/mol. The van der Waals surface area contributed by atoms with Gasteiger partial charge in [0, 0.05) is 19.2 Å². The van der Waals surface area contributed by atoms with Gasteiger partial charge in [0.15, 0.2) is 0 Å². The molecular weight excluding hydrogens is 174 g/mol. The third-order valence-electron chi connectivity index (χ3n) is 2.99. The highest BCUT2D eigenvalue weighted by atomic mass is 16.5. The van der Waals surface area contributed by atoms with Crippen LogP contribution in [0.25, 0.3) is 0 Å². The number of hydrogen-bond donors (Lipinski definition) is 1.